The van der Waals surface area contributed by atoms with Crippen LogP contribution in [-0.2, 0) is 0 Å². The molecule has 0 fully saturated rings. The lowest BCUT2D eigenvalue weighted by atomic mass is 10.1. The molecule has 0 amide bonds. The van der Waals surface area contributed by atoms with Gasteiger partial charge in [0, 0.05) is 11.1 Å². The number of anilines is 1. The lowest BCUT2D eigenvalue weighted by molar-refractivity contribution is 0.210. The number of nitrogens with one attached hydrogen (secondary N) is 1. The predicted molar refractivity (Wildman–Crippen MR) is 98.3 cm³/mol. The van der Waals surface area contributed by atoms with Crippen molar-refractivity contribution in [2.75, 3.05) is 11.9 Å². The van der Waals surface area contributed by atoms with Crippen LogP contribution in [0.2, 0.25) is 0 Å². The van der Waals surface area contributed by atoms with Crippen LogP contribution in [0.3, 0.4) is 0 Å². The first-order valence-electron chi connectivity index (χ1n) is 8.21. The minimum Gasteiger partial charge on any atom is -0.489 e. The maximum Gasteiger partial charge on any atom is 0.119 e. The second-order valence-electron chi connectivity index (χ2n) is 5.87. The summed E-state index contributed by atoms with van der Waals surface area (Å²) in [5, 5.41) is 6.05. The number of rotatable bonds is 6. The molecule has 0 bridgehead atoms. The van der Waals surface area contributed by atoms with Gasteiger partial charge in [0.1, 0.15) is 11.9 Å². The van der Waals surface area contributed by atoms with Gasteiger partial charge in [0.05, 0.1) is 6.54 Å². The summed E-state index contributed by atoms with van der Waals surface area (Å²) < 4.78 is 6.09. The van der Waals surface area contributed by atoms with E-state index in [0.717, 1.165) is 24.4 Å². The molecule has 0 aliphatic heterocycles. The van der Waals surface area contributed by atoms with Crippen molar-refractivity contribution in [3.8, 4) is 5.75 Å². The first-order valence-corrected chi connectivity index (χ1v) is 8.21. The maximum absolute atomic E-state index is 6.09. The first-order chi connectivity index (χ1) is 11.3. The van der Waals surface area contributed by atoms with Gasteiger partial charge in [-0.2, -0.15) is 0 Å². The monoisotopic (exact) mass is 305 g/mol. The van der Waals surface area contributed by atoms with Crippen LogP contribution >= 0.6 is 0 Å². The Morgan fingerprint density at radius 3 is 2.43 bits per heavy atom. The fourth-order valence-electron chi connectivity index (χ4n) is 2.68. The lowest BCUT2D eigenvalue weighted by Crippen LogP contribution is -2.25. The van der Waals surface area contributed by atoms with Crippen molar-refractivity contribution in [2.45, 2.75) is 26.4 Å². The maximum atomic E-state index is 6.09. The average Bonchev–Trinajstić information content (AvgIpc) is 2.60. The van der Waals surface area contributed by atoms with Crippen LogP contribution in [0.25, 0.3) is 10.8 Å². The highest BCUT2D eigenvalue weighted by Gasteiger charge is 2.09. The van der Waals surface area contributed by atoms with Gasteiger partial charge < -0.3 is 10.1 Å². The van der Waals surface area contributed by atoms with E-state index in [-0.39, 0.29) is 6.10 Å². The van der Waals surface area contributed by atoms with Gasteiger partial charge in [0.25, 0.3) is 0 Å². The van der Waals surface area contributed by atoms with E-state index in [1.807, 2.05) is 12.1 Å². The Hall–Kier alpha value is -2.48. The van der Waals surface area contributed by atoms with E-state index >= 15 is 0 Å². The van der Waals surface area contributed by atoms with Crippen LogP contribution in [0.15, 0.2) is 66.7 Å². The van der Waals surface area contributed by atoms with Gasteiger partial charge in [-0.3, -0.25) is 0 Å². The van der Waals surface area contributed by atoms with E-state index in [4.69, 9.17) is 4.74 Å². The topological polar surface area (TPSA) is 21.3 Å². The van der Waals surface area contributed by atoms with Crippen LogP contribution in [-0.4, -0.2) is 12.6 Å². The summed E-state index contributed by atoms with van der Waals surface area (Å²) in [7, 11) is 0. The molecule has 2 nitrogen and oxygen atoms in total. The van der Waals surface area contributed by atoms with Crippen molar-refractivity contribution in [1.82, 2.24) is 0 Å². The molecule has 1 N–H and O–H groups in total. The Kier molecular flexibility index (Phi) is 4.82. The molecule has 0 heterocycles. The zero-order valence-corrected chi connectivity index (χ0v) is 13.8. The van der Waals surface area contributed by atoms with Crippen LogP contribution < -0.4 is 10.1 Å². The van der Waals surface area contributed by atoms with E-state index in [9.17, 15) is 0 Å². The molecule has 1 unspecified atom stereocenters. The first kappa shape index (κ1) is 15.4. The normalized spacial score (nSPS) is 12.1. The molecule has 1 atom stereocenters. The molecule has 0 aromatic heterocycles. The molecule has 23 heavy (non-hydrogen) atoms. The molecule has 3 rings (SSSR count). The van der Waals surface area contributed by atoms with Gasteiger partial charge in [-0.25, -0.2) is 0 Å². The summed E-state index contributed by atoms with van der Waals surface area (Å²) in [4.78, 5) is 0. The molecule has 0 saturated carbocycles. The largest absolute Gasteiger partial charge is 0.489 e. The Bertz CT molecular complexity index is 759. The summed E-state index contributed by atoms with van der Waals surface area (Å²) in [5.41, 5.74) is 2.41. The summed E-state index contributed by atoms with van der Waals surface area (Å²) in [6, 6.07) is 23.0. The van der Waals surface area contributed by atoms with Crippen molar-refractivity contribution in [3.63, 3.8) is 0 Å². The highest BCUT2D eigenvalue weighted by molar-refractivity contribution is 5.93. The van der Waals surface area contributed by atoms with Gasteiger partial charge in [0.2, 0.25) is 0 Å². The third-order valence-electron chi connectivity index (χ3n) is 4.09. The summed E-state index contributed by atoms with van der Waals surface area (Å²) in [5.74, 6) is 0.933. The minimum absolute atomic E-state index is 0.150. The van der Waals surface area contributed by atoms with Crippen LogP contribution in [0.5, 0.6) is 5.75 Å². The number of hydrogen-bond donors (Lipinski definition) is 1. The molecular weight excluding hydrogens is 282 g/mol. The van der Waals surface area contributed by atoms with Crippen LogP contribution in [0.1, 0.15) is 18.9 Å². The molecule has 0 aliphatic rings. The zero-order valence-electron chi connectivity index (χ0n) is 13.8. The fourth-order valence-corrected chi connectivity index (χ4v) is 2.68. The third kappa shape index (κ3) is 3.84. The molecule has 3 aromatic rings. The lowest BCUT2D eigenvalue weighted by Gasteiger charge is -2.19. The van der Waals surface area contributed by atoms with Crippen LogP contribution in [0, 0.1) is 6.92 Å². The second-order valence-corrected chi connectivity index (χ2v) is 5.87. The van der Waals surface area contributed by atoms with Crippen molar-refractivity contribution >= 4 is 16.5 Å². The van der Waals surface area contributed by atoms with Crippen molar-refractivity contribution in [2.24, 2.45) is 0 Å². The van der Waals surface area contributed by atoms with Gasteiger partial charge in [-0.1, -0.05) is 61.0 Å². The molecule has 0 spiro atoms. The Morgan fingerprint density at radius 1 is 0.913 bits per heavy atom. The van der Waals surface area contributed by atoms with Crippen molar-refractivity contribution in [1.29, 1.82) is 0 Å². The molecule has 3 aromatic carbocycles. The predicted octanol–water partition coefficient (Wildman–Crippen LogP) is 5.42. The fraction of sp³-hybridized carbons (Fsp3) is 0.238. The molecule has 0 aliphatic carbocycles. The quantitative estimate of drug-likeness (QED) is 0.656. The summed E-state index contributed by atoms with van der Waals surface area (Å²) in [6.07, 6.45) is 1.11. The number of fused-ring (bicyclic) bond motifs is 1. The standard InChI is InChI=1S/C21H23NO/c1-3-18(23-19-13-11-16(2)12-14-19)15-22-21-10-6-8-17-7-4-5-9-20(17)21/h4-14,18,22H,3,15H2,1-2H3. The van der Waals surface area contributed by atoms with Gasteiger partial charge in [-0.05, 0) is 36.9 Å². The molecule has 0 saturated heterocycles. The SMILES string of the molecule is CCC(CNc1cccc2ccccc12)Oc1ccc(C)cc1. The Morgan fingerprint density at radius 2 is 1.65 bits per heavy atom. The van der Waals surface area contributed by atoms with E-state index in [1.54, 1.807) is 0 Å². The number of ether oxygens (including phenoxy) is 1. The van der Waals surface area contributed by atoms with E-state index < -0.39 is 0 Å². The number of hydrogen-bond acceptors (Lipinski definition) is 2. The van der Waals surface area contributed by atoms with Gasteiger partial charge in [-0.15, -0.1) is 0 Å². The Labute approximate surface area is 138 Å². The number of benzene rings is 3. The van der Waals surface area contributed by atoms with Gasteiger partial charge in [0.15, 0.2) is 0 Å². The third-order valence-corrected chi connectivity index (χ3v) is 4.09. The van der Waals surface area contributed by atoms with E-state index in [0.29, 0.717) is 0 Å². The van der Waals surface area contributed by atoms with E-state index in [2.05, 4.69) is 73.8 Å². The zero-order chi connectivity index (χ0) is 16.1. The summed E-state index contributed by atoms with van der Waals surface area (Å²) >= 11 is 0. The van der Waals surface area contributed by atoms with Crippen molar-refractivity contribution in [3.05, 3.63) is 72.3 Å². The average molecular weight is 305 g/mol. The smallest absolute Gasteiger partial charge is 0.119 e. The highest BCUT2D eigenvalue weighted by atomic mass is 16.5. The van der Waals surface area contributed by atoms with Gasteiger partial charge >= 0.3 is 0 Å². The molecular formula is C21H23NO. The Balaban J connectivity index is 1.68. The minimum atomic E-state index is 0.150. The van der Waals surface area contributed by atoms with Crippen LogP contribution in [0.4, 0.5) is 5.69 Å². The van der Waals surface area contributed by atoms with Crippen molar-refractivity contribution < 1.29 is 4.74 Å². The van der Waals surface area contributed by atoms with E-state index in [1.165, 1.54) is 16.3 Å². The summed E-state index contributed by atoms with van der Waals surface area (Å²) in [6.45, 7) is 5.03. The molecule has 0 radical (unpaired) electrons. The molecule has 118 valence electrons. The number of aryl methyl sites for hydroxylation is 1. The second kappa shape index (κ2) is 7.19. The molecule has 2 heteroatoms. The highest BCUT2D eigenvalue weighted by Crippen LogP contribution is 2.23.